The summed E-state index contributed by atoms with van der Waals surface area (Å²) in [4.78, 5) is 18.7. The van der Waals surface area contributed by atoms with Gasteiger partial charge in [-0.3, -0.25) is 4.90 Å². The Kier molecular flexibility index (Phi) is 4.95. The lowest BCUT2D eigenvalue weighted by Gasteiger charge is -2.25. The normalized spacial score (nSPS) is 17.1. The fourth-order valence-corrected chi connectivity index (χ4v) is 3.36. The highest BCUT2D eigenvalue weighted by molar-refractivity contribution is 7.11. The molecule has 2 heterocycles. The number of rotatable bonds is 5. The molecule has 1 saturated heterocycles. The van der Waals surface area contributed by atoms with Crippen LogP contribution in [0.1, 0.15) is 23.7 Å². The van der Waals surface area contributed by atoms with Crippen molar-refractivity contribution < 1.29 is 14.3 Å². The van der Waals surface area contributed by atoms with Gasteiger partial charge in [-0.1, -0.05) is 0 Å². The van der Waals surface area contributed by atoms with Crippen molar-refractivity contribution in [2.45, 2.75) is 32.4 Å². The van der Waals surface area contributed by atoms with E-state index in [1.54, 1.807) is 11.3 Å². The van der Waals surface area contributed by atoms with Crippen molar-refractivity contribution in [2.75, 3.05) is 26.3 Å². The summed E-state index contributed by atoms with van der Waals surface area (Å²) in [7, 11) is 0. The van der Waals surface area contributed by atoms with Crippen molar-refractivity contribution in [1.29, 1.82) is 0 Å². The van der Waals surface area contributed by atoms with E-state index in [0.717, 1.165) is 42.7 Å². The van der Waals surface area contributed by atoms with Crippen LogP contribution in [0.25, 0.3) is 0 Å². The predicted molar refractivity (Wildman–Crippen MR) is 76.7 cm³/mol. The highest BCUT2D eigenvalue weighted by Crippen LogP contribution is 2.23. The van der Waals surface area contributed by atoms with Crippen LogP contribution in [0.15, 0.2) is 6.20 Å². The largest absolute Gasteiger partial charge is 0.443 e. The number of nitrogens with two attached hydrogens (primary N) is 1. The van der Waals surface area contributed by atoms with Crippen LogP contribution in [-0.4, -0.2) is 47.9 Å². The molecule has 1 aromatic rings. The average Bonchev–Trinajstić information content (AvgIpc) is 2.75. The smallest absolute Gasteiger partial charge is 0.405 e. The molecule has 6 nitrogen and oxygen atoms in total. The van der Waals surface area contributed by atoms with E-state index in [-0.39, 0.29) is 0 Å². The summed E-state index contributed by atoms with van der Waals surface area (Å²) < 4.78 is 10.4. The molecule has 0 aliphatic carbocycles. The van der Waals surface area contributed by atoms with Crippen molar-refractivity contribution >= 4 is 17.4 Å². The average molecular weight is 299 g/mol. The summed E-state index contributed by atoms with van der Waals surface area (Å²) in [6.07, 6.45) is 1.73. The van der Waals surface area contributed by atoms with Crippen molar-refractivity contribution in [2.24, 2.45) is 5.73 Å². The van der Waals surface area contributed by atoms with Gasteiger partial charge in [0.15, 0.2) is 0 Å². The van der Waals surface area contributed by atoms with Crippen molar-refractivity contribution in [3.8, 4) is 0 Å². The molecule has 0 atom stereocenters. The molecule has 0 bridgehead atoms. The minimum atomic E-state index is -0.743. The number of carbonyl (C=O) groups excluding carboxylic acids is 1. The Morgan fingerprint density at radius 3 is 2.90 bits per heavy atom. The lowest BCUT2D eigenvalue weighted by molar-refractivity contribution is 0.0341. The van der Waals surface area contributed by atoms with Crippen molar-refractivity contribution in [3.05, 3.63) is 16.1 Å². The first kappa shape index (κ1) is 15.2. The number of ether oxygens (including phenoxy) is 2. The third kappa shape index (κ3) is 4.73. The Morgan fingerprint density at radius 2 is 2.25 bits per heavy atom. The van der Waals surface area contributed by atoms with Gasteiger partial charge >= 0.3 is 6.09 Å². The van der Waals surface area contributed by atoms with Crippen LogP contribution in [-0.2, 0) is 22.4 Å². The van der Waals surface area contributed by atoms with Gasteiger partial charge in [0.2, 0.25) is 0 Å². The molecule has 1 aromatic heterocycles. The summed E-state index contributed by atoms with van der Waals surface area (Å²) in [5.41, 5.74) is 4.47. The van der Waals surface area contributed by atoms with Gasteiger partial charge in [0.1, 0.15) is 10.6 Å². The van der Waals surface area contributed by atoms with Crippen LogP contribution in [0.3, 0.4) is 0 Å². The van der Waals surface area contributed by atoms with Gasteiger partial charge < -0.3 is 15.2 Å². The molecule has 1 fully saturated rings. The number of morpholine rings is 1. The number of aromatic nitrogens is 1. The van der Waals surface area contributed by atoms with Crippen LogP contribution in [0.4, 0.5) is 4.79 Å². The van der Waals surface area contributed by atoms with E-state index in [9.17, 15) is 4.79 Å². The maximum absolute atomic E-state index is 10.8. The first-order chi connectivity index (χ1) is 9.44. The predicted octanol–water partition coefficient (Wildman–Crippen LogP) is 1.39. The number of carbonyl (C=O) groups is 1. The monoisotopic (exact) mass is 299 g/mol. The van der Waals surface area contributed by atoms with Crippen LogP contribution >= 0.6 is 11.3 Å². The number of hydrogen-bond donors (Lipinski definition) is 1. The number of nitrogens with zero attached hydrogens (tertiary/aromatic N) is 2. The van der Waals surface area contributed by atoms with E-state index >= 15 is 0 Å². The third-order valence-electron chi connectivity index (χ3n) is 3.04. The van der Waals surface area contributed by atoms with E-state index in [2.05, 4.69) is 9.88 Å². The molecule has 2 rings (SSSR count). The van der Waals surface area contributed by atoms with Crippen LogP contribution in [0, 0.1) is 0 Å². The first-order valence-electron chi connectivity index (χ1n) is 6.67. The van der Waals surface area contributed by atoms with Crippen LogP contribution < -0.4 is 5.73 Å². The second-order valence-electron chi connectivity index (χ2n) is 5.47. The molecule has 0 aromatic carbocycles. The molecule has 0 spiro atoms. The zero-order valence-corrected chi connectivity index (χ0v) is 12.7. The topological polar surface area (TPSA) is 77.7 Å². The Hall–Kier alpha value is -1.18. The third-order valence-corrected chi connectivity index (χ3v) is 4.02. The molecule has 7 heteroatoms. The molecule has 1 amide bonds. The summed E-state index contributed by atoms with van der Waals surface area (Å²) >= 11 is 1.65. The highest BCUT2D eigenvalue weighted by Gasteiger charge is 2.23. The van der Waals surface area contributed by atoms with E-state index in [1.165, 1.54) is 0 Å². The SMILES string of the molecule is CC(C)(Cc1cnc(CN2CCOCC2)s1)OC(N)=O. The Bertz CT molecular complexity index is 455. The second-order valence-corrected chi connectivity index (χ2v) is 6.67. The quantitative estimate of drug-likeness (QED) is 0.889. The van der Waals surface area contributed by atoms with Gasteiger partial charge in [-0.25, -0.2) is 9.78 Å². The molecule has 112 valence electrons. The Morgan fingerprint density at radius 1 is 1.55 bits per heavy atom. The van der Waals surface area contributed by atoms with Gasteiger partial charge in [-0.15, -0.1) is 11.3 Å². The lowest BCUT2D eigenvalue weighted by Crippen LogP contribution is -2.35. The van der Waals surface area contributed by atoms with Crippen molar-refractivity contribution in [1.82, 2.24) is 9.88 Å². The summed E-state index contributed by atoms with van der Waals surface area (Å²) in [6.45, 7) is 8.02. The molecular formula is C13H21N3O3S. The minimum absolute atomic E-state index is 0.603. The maximum atomic E-state index is 10.8. The Balaban J connectivity index is 1.89. The highest BCUT2D eigenvalue weighted by atomic mass is 32.1. The lowest BCUT2D eigenvalue weighted by atomic mass is 10.0. The molecule has 2 N–H and O–H groups in total. The molecule has 20 heavy (non-hydrogen) atoms. The van der Waals surface area contributed by atoms with Gasteiger partial charge in [0.05, 0.1) is 19.8 Å². The summed E-state index contributed by atoms with van der Waals surface area (Å²) in [6, 6.07) is 0. The molecule has 0 unspecified atom stereocenters. The molecule has 0 saturated carbocycles. The zero-order chi connectivity index (χ0) is 14.6. The number of hydrogen-bond acceptors (Lipinski definition) is 6. The van der Waals surface area contributed by atoms with Gasteiger partial charge in [0.25, 0.3) is 0 Å². The molecule has 1 aliphatic heterocycles. The van der Waals surface area contributed by atoms with Gasteiger partial charge in [0, 0.05) is 30.6 Å². The van der Waals surface area contributed by atoms with E-state index in [1.807, 2.05) is 20.0 Å². The second kappa shape index (κ2) is 6.51. The fourth-order valence-electron chi connectivity index (χ4n) is 2.18. The van der Waals surface area contributed by atoms with Gasteiger partial charge in [-0.2, -0.15) is 0 Å². The molecule has 1 aliphatic rings. The van der Waals surface area contributed by atoms with Crippen LogP contribution in [0.5, 0.6) is 0 Å². The zero-order valence-electron chi connectivity index (χ0n) is 11.9. The summed E-state index contributed by atoms with van der Waals surface area (Å²) in [5, 5.41) is 1.08. The fraction of sp³-hybridized carbons (Fsp3) is 0.692. The number of amides is 1. The minimum Gasteiger partial charge on any atom is -0.443 e. The summed E-state index contributed by atoms with van der Waals surface area (Å²) in [5.74, 6) is 0. The standard InChI is InChI=1S/C13H21N3O3S/c1-13(2,19-12(14)17)7-10-8-15-11(20-10)9-16-3-5-18-6-4-16/h8H,3-7,9H2,1-2H3,(H2,14,17). The first-order valence-corrected chi connectivity index (χ1v) is 7.48. The molecular weight excluding hydrogens is 278 g/mol. The molecule has 0 radical (unpaired) electrons. The van der Waals surface area contributed by atoms with Crippen LogP contribution in [0.2, 0.25) is 0 Å². The van der Waals surface area contributed by atoms with E-state index in [4.69, 9.17) is 15.2 Å². The van der Waals surface area contributed by atoms with E-state index < -0.39 is 11.7 Å². The number of primary amides is 1. The van der Waals surface area contributed by atoms with Crippen molar-refractivity contribution in [3.63, 3.8) is 0 Å². The number of thiazole rings is 1. The van der Waals surface area contributed by atoms with E-state index in [0.29, 0.717) is 6.42 Å². The Labute approximate surface area is 122 Å². The maximum Gasteiger partial charge on any atom is 0.405 e. The van der Waals surface area contributed by atoms with Gasteiger partial charge in [-0.05, 0) is 13.8 Å².